The summed E-state index contributed by atoms with van der Waals surface area (Å²) in [6, 6.07) is 0. The summed E-state index contributed by atoms with van der Waals surface area (Å²) in [5.41, 5.74) is -3.85. The van der Waals surface area contributed by atoms with Crippen molar-refractivity contribution in [2.75, 3.05) is 0 Å². The largest absolute Gasteiger partial charge is 0.455 e. The van der Waals surface area contributed by atoms with Gasteiger partial charge >= 0.3 is 5.97 Å². The van der Waals surface area contributed by atoms with Crippen molar-refractivity contribution in [2.45, 2.75) is 108 Å². The molecule has 0 aromatic carbocycles. The minimum absolute atomic E-state index is 0.0237. The molecule has 0 radical (unpaired) electrons. The molecule has 0 aromatic rings. The van der Waals surface area contributed by atoms with E-state index in [-0.39, 0.29) is 29.6 Å². The van der Waals surface area contributed by atoms with Gasteiger partial charge in [-0.25, -0.2) is 4.79 Å². The Bertz CT molecular complexity index is 1080. The van der Waals surface area contributed by atoms with Crippen LogP contribution in [0.5, 0.6) is 0 Å². The number of esters is 1. The van der Waals surface area contributed by atoms with Crippen LogP contribution in [-0.4, -0.2) is 62.2 Å². The molecule has 2 heterocycles. The Morgan fingerprint density at radius 1 is 1.11 bits per heavy atom. The van der Waals surface area contributed by atoms with Gasteiger partial charge in [0.15, 0.2) is 5.78 Å². The Labute approximate surface area is 206 Å². The minimum Gasteiger partial charge on any atom is -0.455 e. The predicted octanol–water partition coefficient (Wildman–Crippen LogP) is 2.61. The fourth-order valence-electron chi connectivity index (χ4n) is 9.48. The van der Waals surface area contributed by atoms with Crippen LogP contribution in [0.2, 0.25) is 0 Å². The fourth-order valence-corrected chi connectivity index (χ4v) is 9.48. The van der Waals surface area contributed by atoms with Crippen molar-refractivity contribution in [3.05, 3.63) is 23.3 Å². The lowest BCUT2D eigenvalue weighted by molar-refractivity contribution is -0.253. The van der Waals surface area contributed by atoms with Gasteiger partial charge in [-0.15, -0.1) is 0 Å². The number of carbonyl (C=O) groups is 2. The van der Waals surface area contributed by atoms with Crippen LogP contribution in [0, 0.1) is 28.6 Å². The zero-order valence-corrected chi connectivity index (χ0v) is 21.3. The van der Waals surface area contributed by atoms with Crippen LogP contribution in [0.25, 0.3) is 0 Å². The van der Waals surface area contributed by atoms with E-state index in [2.05, 4.69) is 6.92 Å². The first-order valence-corrected chi connectivity index (χ1v) is 13.2. The number of ether oxygens (including phenoxy) is 2. The number of hydrogen-bond acceptors (Lipinski definition) is 7. The first-order valence-electron chi connectivity index (χ1n) is 13.2. The van der Waals surface area contributed by atoms with E-state index in [9.17, 15) is 24.9 Å². The van der Waals surface area contributed by atoms with Crippen LogP contribution in [-0.2, 0) is 19.1 Å². The normalized spacial score (nSPS) is 54.3. The highest BCUT2D eigenvalue weighted by Gasteiger charge is 2.81. The summed E-state index contributed by atoms with van der Waals surface area (Å²) >= 11 is 0. The summed E-state index contributed by atoms with van der Waals surface area (Å²) in [5.74, 6) is -0.138. The molecule has 5 unspecified atom stereocenters. The first kappa shape index (κ1) is 23.8. The van der Waals surface area contributed by atoms with Crippen molar-refractivity contribution in [1.29, 1.82) is 0 Å². The van der Waals surface area contributed by atoms with Gasteiger partial charge < -0.3 is 24.8 Å². The van der Waals surface area contributed by atoms with Gasteiger partial charge in [0.25, 0.3) is 0 Å². The third kappa shape index (κ3) is 2.51. The van der Waals surface area contributed by atoms with Crippen molar-refractivity contribution in [2.24, 2.45) is 28.6 Å². The second-order valence-electron chi connectivity index (χ2n) is 12.9. The number of aliphatic hydroxyl groups is 3. The maximum Gasteiger partial charge on any atom is 0.334 e. The van der Waals surface area contributed by atoms with Crippen LogP contribution < -0.4 is 0 Å². The maximum atomic E-state index is 13.3. The minimum atomic E-state index is -1.63. The average molecular weight is 487 g/mol. The van der Waals surface area contributed by atoms with Crippen LogP contribution in [0.4, 0.5) is 0 Å². The topological polar surface area (TPSA) is 117 Å². The van der Waals surface area contributed by atoms with E-state index in [0.29, 0.717) is 31.3 Å². The molecule has 4 fully saturated rings. The van der Waals surface area contributed by atoms with E-state index in [0.717, 1.165) is 18.4 Å². The number of carbonyl (C=O) groups excluding carboxylic acids is 2. The molecule has 1 spiro atoms. The van der Waals surface area contributed by atoms with Crippen LogP contribution >= 0.6 is 0 Å². The summed E-state index contributed by atoms with van der Waals surface area (Å²) in [4.78, 5) is 25.8. The molecule has 1 saturated heterocycles. The van der Waals surface area contributed by atoms with E-state index in [1.165, 1.54) is 6.08 Å². The van der Waals surface area contributed by atoms with Gasteiger partial charge in [0.05, 0.1) is 11.5 Å². The number of epoxide rings is 1. The summed E-state index contributed by atoms with van der Waals surface area (Å²) < 4.78 is 11.9. The van der Waals surface area contributed by atoms with Crippen molar-refractivity contribution in [3.63, 3.8) is 0 Å². The van der Waals surface area contributed by atoms with Gasteiger partial charge in [-0.3, -0.25) is 4.79 Å². The summed E-state index contributed by atoms with van der Waals surface area (Å²) in [7, 11) is 0. The molecule has 2 aliphatic heterocycles. The van der Waals surface area contributed by atoms with E-state index in [1.54, 1.807) is 19.9 Å². The number of aliphatic hydroxyl groups excluding tert-OH is 1. The van der Waals surface area contributed by atoms with E-state index < -0.39 is 45.8 Å². The second kappa shape index (κ2) is 6.85. The zero-order valence-electron chi connectivity index (χ0n) is 21.3. The third-order valence-corrected chi connectivity index (χ3v) is 11.9. The number of cyclic esters (lactones) is 1. The van der Waals surface area contributed by atoms with Crippen molar-refractivity contribution in [1.82, 2.24) is 0 Å². The quantitative estimate of drug-likeness (QED) is 0.406. The fraction of sp³-hybridized carbons (Fsp3) is 0.786. The van der Waals surface area contributed by atoms with E-state index in [4.69, 9.17) is 9.47 Å². The Morgan fingerprint density at radius 3 is 2.49 bits per heavy atom. The standard InChI is InChI=1S/C28H38O7/c1-14-12-21(34-23(31)15(14)2)26(5,32)27(33)11-9-17-16-13-22-28(35-22)20(30)7-6-19(29)25(28,4)18(16)8-10-24(17,27)3/h6-7,16-18,20-22,30,32-33H,8-13H2,1-5H3/t16?,17?,18?,20-,21?,22+,24-,25-,26-,27-,28?/m0/s1. The molecule has 7 nitrogen and oxygen atoms in total. The lowest BCUT2D eigenvalue weighted by atomic mass is 9.43. The summed E-state index contributed by atoms with van der Waals surface area (Å²) in [6.45, 7) is 9.28. The van der Waals surface area contributed by atoms with Gasteiger partial charge in [0.1, 0.15) is 29.0 Å². The lowest BCUT2D eigenvalue weighted by Crippen LogP contribution is -2.69. The number of hydrogen-bond donors (Lipinski definition) is 3. The van der Waals surface area contributed by atoms with E-state index in [1.807, 2.05) is 13.8 Å². The highest BCUT2D eigenvalue weighted by Crippen LogP contribution is 2.74. The SMILES string of the molecule is CC1=C(C)C(=O)OC([C@](C)(O)[C@]2(O)CCC3C4C[C@H]5OC56[C@@H](O)C=CC(=O)[C@]6(C)C4CC[C@@]32C)C1. The maximum absolute atomic E-state index is 13.3. The molecule has 35 heavy (non-hydrogen) atoms. The molecule has 0 aromatic heterocycles. The predicted molar refractivity (Wildman–Crippen MR) is 126 cm³/mol. The smallest absolute Gasteiger partial charge is 0.334 e. The lowest BCUT2D eigenvalue weighted by Gasteiger charge is -2.60. The summed E-state index contributed by atoms with van der Waals surface area (Å²) in [5, 5.41) is 35.1. The number of allylic oxidation sites excluding steroid dienone is 1. The number of rotatable bonds is 2. The summed E-state index contributed by atoms with van der Waals surface area (Å²) in [6.07, 6.45) is 4.94. The Morgan fingerprint density at radius 2 is 1.80 bits per heavy atom. The molecular formula is C28H38O7. The zero-order chi connectivity index (χ0) is 25.3. The second-order valence-corrected chi connectivity index (χ2v) is 12.9. The monoisotopic (exact) mass is 486 g/mol. The van der Waals surface area contributed by atoms with Crippen LogP contribution in [0.3, 0.4) is 0 Å². The van der Waals surface area contributed by atoms with Crippen molar-refractivity contribution in [3.8, 4) is 0 Å². The van der Waals surface area contributed by atoms with Crippen LogP contribution in [0.15, 0.2) is 23.3 Å². The molecule has 6 rings (SSSR count). The van der Waals surface area contributed by atoms with Gasteiger partial charge in [-0.2, -0.15) is 0 Å². The van der Waals surface area contributed by atoms with Crippen molar-refractivity contribution < 1.29 is 34.4 Å². The third-order valence-electron chi connectivity index (χ3n) is 11.9. The Kier molecular flexibility index (Phi) is 4.67. The highest BCUT2D eigenvalue weighted by molar-refractivity contribution is 5.98. The molecule has 3 N–H and O–H groups in total. The molecule has 0 amide bonds. The molecule has 7 heteroatoms. The average Bonchev–Trinajstić information content (AvgIpc) is 3.47. The van der Waals surface area contributed by atoms with Gasteiger partial charge in [-0.05, 0) is 89.7 Å². The number of ketones is 1. The van der Waals surface area contributed by atoms with Crippen LogP contribution in [0.1, 0.15) is 73.1 Å². The van der Waals surface area contributed by atoms with E-state index >= 15 is 0 Å². The molecule has 4 aliphatic carbocycles. The Balaban J connectivity index is 1.35. The van der Waals surface area contributed by atoms with Gasteiger partial charge in [-0.1, -0.05) is 12.5 Å². The molecule has 11 atom stereocenters. The van der Waals surface area contributed by atoms with Gasteiger partial charge in [0.2, 0.25) is 0 Å². The Hall–Kier alpha value is -1.54. The molecule has 192 valence electrons. The molecule has 3 saturated carbocycles. The number of fused-ring (bicyclic) bond motifs is 4. The highest BCUT2D eigenvalue weighted by atomic mass is 16.6. The molecular weight excluding hydrogens is 448 g/mol. The first-order chi connectivity index (χ1) is 16.3. The van der Waals surface area contributed by atoms with Crippen molar-refractivity contribution >= 4 is 11.8 Å². The van der Waals surface area contributed by atoms with Gasteiger partial charge in [0, 0.05) is 17.4 Å². The molecule has 6 aliphatic rings. The molecule has 0 bridgehead atoms.